The minimum atomic E-state index is -1.11. The van der Waals surface area contributed by atoms with E-state index in [-0.39, 0.29) is 24.8 Å². The molecule has 2 aliphatic rings. The van der Waals surface area contributed by atoms with Crippen molar-refractivity contribution in [2.24, 2.45) is 11.8 Å². The van der Waals surface area contributed by atoms with Crippen molar-refractivity contribution < 1.29 is 46.4 Å². The van der Waals surface area contributed by atoms with Crippen molar-refractivity contribution in [3.05, 3.63) is 167 Å². The van der Waals surface area contributed by atoms with Crippen molar-refractivity contribution in [3.63, 3.8) is 0 Å². The van der Waals surface area contributed by atoms with E-state index < -0.39 is 9.98 Å². The van der Waals surface area contributed by atoms with Gasteiger partial charge < -0.3 is 24.8 Å². The first kappa shape index (κ1) is 40.0. The average Bonchev–Trinajstić information content (AvgIpc) is 3.60. The van der Waals surface area contributed by atoms with E-state index in [1.54, 1.807) is 30.4 Å². The molecule has 0 amide bonds. The Balaban J connectivity index is 0.000000235. The summed E-state index contributed by atoms with van der Waals surface area (Å²) in [5, 5.41) is 0. The molecule has 0 radical (unpaired) electrons. The molecule has 236 valence electrons. The van der Waals surface area contributed by atoms with Crippen molar-refractivity contribution in [2.75, 3.05) is 0 Å². The van der Waals surface area contributed by atoms with Crippen molar-refractivity contribution in [2.45, 2.75) is 54.4 Å². The van der Waals surface area contributed by atoms with Gasteiger partial charge in [0.15, 0.2) is 0 Å². The Morgan fingerprint density at radius 3 is 1.24 bits per heavy atom. The zero-order chi connectivity index (χ0) is 31.5. The van der Waals surface area contributed by atoms with Gasteiger partial charge in [-0.2, -0.15) is 23.3 Å². The molecule has 2 atom stereocenters. The Morgan fingerprint density at radius 1 is 0.565 bits per heavy atom. The molecule has 0 bridgehead atoms. The SMILES string of the molecule is CCc1cccc(C2=CC(C)[C-]=C2C)c1.CCc1cccc(C2=CC(C)[C-]=C2C)c1.[Cl-].[Cl-].[Zr+2]=[Ge]([c]1ccccc1)[c]1ccccc1. The summed E-state index contributed by atoms with van der Waals surface area (Å²) in [7, 11) is -1.11. The molecule has 46 heavy (non-hydrogen) atoms. The summed E-state index contributed by atoms with van der Waals surface area (Å²) in [4.78, 5) is 0. The predicted molar refractivity (Wildman–Crippen MR) is 189 cm³/mol. The molecule has 4 heteroatoms. The fourth-order valence-corrected chi connectivity index (χ4v) is 12.8. The first-order valence-electron chi connectivity index (χ1n) is 15.8. The molecule has 0 aromatic heterocycles. The Morgan fingerprint density at radius 2 is 0.935 bits per heavy atom. The van der Waals surface area contributed by atoms with Crippen LogP contribution >= 0.6 is 0 Å². The van der Waals surface area contributed by atoms with Crippen LogP contribution in [0.5, 0.6) is 0 Å². The zero-order valence-electron chi connectivity index (χ0n) is 27.9. The number of allylic oxidation sites excluding steroid dienone is 8. The first-order valence-corrected chi connectivity index (χ1v) is 25.3. The monoisotopic (exact) mass is 782 g/mol. The van der Waals surface area contributed by atoms with Gasteiger partial charge in [0.05, 0.1) is 0 Å². The Kier molecular flexibility index (Phi) is 17.6. The second-order valence-electron chi connectivity index (χ2n) is 11.5. The van der Waals surface area contributed by atoms with Gasteiger partial charge in [-0.05, 0) is 24.0 Å². The fourth-order valence-electron chi connectivity index (χ4n) is 5.59. The summed E-state index contributed by atoms with van der Waals surface area (Å²) in [6, 6.07) is 39.5. The summed E-state index contributed by atoms with van der Waals surface area (Å²) in [5.41, 5.74) is 10.8. The molecule has 0 saturated carbocycles. The summed E-state index contributed by atoms with van der Waals surface area (Å²) < 4.78 is 3.16. The Hall–Kier alpha value is -2.15. The quantitative estimate of drug-likeness (QED) is 0.208. The minimum absolute atomic E-state index is 0. The van der Waals surface area contributed by atoms with Crippen LogP contribution in [0.15, 0.2) is 132 Å². The number of hydrogen-bond donors (Lipinski definition) is 0. The molecule has 0 saturated heterocycles. The summed E-state index contributed by atoms with van der Waals surface area (Å²) in [6.45, 7) is 13.0. The third-order valence-corrected chi connectivity index (χ3v) is 19.1. The van der Waals surface area contributed by atoms with Gasteiger partial charge in [0, 0.05) is 0 Å². The van der Waals surface area contributed by atoms with E-state index in [4.69, 9.17) is 0 Å². The van der Waals surface area contributed by atoms with Gasteiger partial charge in [0.25, 0.3) is 0 Å². The maximum absolute atomic E-state index is 3.43. The summed E-state index contributed by atoms with van der Waals surface area (Å²) in [6.07, 6.45) is 13.6. The second-order valence-corrected chi connectivity index (χ2v) is 21.9. The first-order chi connectivity index (χ1) is 21.3. The van der Waals surface area contributed by atoms with Crippen LogP contribution < -0.4 is 33.6 Å². The van der Waals surface area contributed by atoms with Crippen molar-refractivity contribution >= 4 is 29.9 Å². The molecular formula is C42H44Cl2GeZr-2. The third-order valence-electron chi connectivity index (χ3n) is 7.95. The van der Waals surface area contributed by atoms with Gasteiger partial charge in [-0.15, -0.1) is 11.1 Å². The number of benzene rings is 4. The van der Waals surface area contributed by atoms with Crippen LogP contribution in [0, 0.1) is 24.0 Å². The maximum atomic E-state index is 3.43. The number of halogens is 2. The molecule has 0 fully saturated rings. The summed E-state index contributed by atoms with van der Waals surface area (Å²) >= 11 is 1.71. The van der Waals surface area contributed by atoms with E-state index in [1.165, 1.54) is 44.5 Å². The Labute approximate surface area is 307 Å². The number of aryl methyl sites for hydroxylation is 2. The molecule has 4 aromatic carbocycles. The van der Waals surface area contributed by atoms with Crippen LogP contribution in [0.1, 0.15) is 63.8 Å². The van der Waals surface area contributed by atoms with E-state index in [1.807, 2.05) is 0 Å². The van der Waals surface area contributed by atoms with Gasteiger partial charge in [-0.3, -0.25) is 12.2 Å². The third kappa shape index (κ3) is 11.5. The molecule has 2 aliphatic carbocycles. The molecule has 4 aromatic rings. The average molecular weight is 784 g/mol. The van der Waals surface area contributed by atoms with Crippen molar-refractivity contribution in [1.29, 1.82) is 0 Å². The zero-order valence-corrected chi connectivity index (χ0v) is 33.9. The van der Waals surface area contributed by atoms with Crippen LogP contribution in [0.4, 0.5) is 0 Å². The molecule has 0 heterocycles. The van der Waals surface area contributed by atoms with E-state index >= 15 is 0 Å². The predicted octanol–water partition coefficient (Wildman–Crippen LogP) is 3.41. The van der Waals surface area contributed by atoms with Gasteiger partial charge in [0.1, 0.15) is 0 Å². The van der Waals surface area contributed by atoms with Crippen molar-refractivity contribution in [1.82, 2.24) is 0 Å². The van der Waals surface area contributed by atoms with Gasteiger partial charge in [0.2, 0.25) is 0 Å². The Bertz CT molecular complexity index is 1560. The van der Waals surface area contributed by atoms with Gasteiger partial charge >= 0.3 is 101 Å². The topological polar surface area (TPSA) is 0 Å². The normalized spacial score (nSPS) is 16.1. The van der Waals surface area contributed by atoms with E-state index in [0.29, 0.717) is 11.8 Å². The molecule has 0 nitrogen and oxygen atoms in total. The standard InChI is InChI=1S/2C15H17.C12H10Ge.2ClH.Zr/c2*1-4-13-6-5-7-14(10-13)15-9-11(2)8-12(15)3;1-3-7-11(8-4-1)13-12-9-5-2-6-10-12;;;/h2*5-7,9-11H,4H2,1-3H3;1-10H;2*1H;/q2*-1;;;;+2/p-2. The molecule has 0 N–H and O–H groups in total. The molecule has 0 aliphatic heterocycles. The molecule has 2 unspecified atom stereocenters. The van der Waals surface area contributed by atoms with Crippen LogP contribution in [0.2, 0.25) is 0 Å². The van der Waals surface area contributed by atoms with E-state index in [9.17, 15) is 0 Å². The number of rotatable bonds is 6. The van der Waals surface area contributed by atoms with Crippen LogP contribution in [-0.4, -0.2) is 9.98 Å². The van der Waals surface area contributed by atoms with Gasteiger partial charge in [-0.1, -0.05) is 102 Å². The molecular weight excluding hydrogens is 739 g/mol. The fraction of sp³-hybridized carbons (Fsp3) is 0.238. The van der Waals surface area contributed by atoms with Crippen LogP contribution in [-0.2, 0) is 34.4 Å². The summed E-state index contributed by atoms with van der Waals surface area (Å²) in [5.74, 6) is 0.926. The van der Waals surface area contributed by atoms with Crippen molar-refractivity contribution in [3.8, 4) is 0 Å². The molecule has 6 rings (SSSR count). The van der Waals surface area contributed by atoms with E-state index in [0.717, 1.165) is 12.8 Å². The molecule has 0 spiro atoms. The number of hydrogen-bond acceptors (Lipinski definition) is 0. The van der Waals surface area contributed by atoms with Gasteiger partial charge in [-0.25, -0.2) is 11.1 Å². The van der Waals surface area contributed by atoms with E-state index in [2.05, 4.69) is 175 Å². The second kappa shape index (κ2) is 20.3. The van der Waals surface area contributed by atoms with Crippen LogP contribution in [0.3, 0.4) is 0 Å². The van der Waals surface area contributed by atoms with Crippen LogP contribution in [0.25, 0.3) is 11.1 Å².